The number of halogens is 1. The summed E-state index contributed by atoms with van der Waals surface area (Å²) in [5.41, 5.74) is 1.13. The highest BCUT2D eigenvalue weighted by Crippen LogP contribution is 2.35. The zero-order valence-corrected chi connectivity index (χ0v) is 10.9. The van der Waals surface area contributed by atoms with E-state index in [9.17, 15) is 0 Å². The lowest BCUT2D eigenvalue weighted by Gasteiger charge is -2.37. The highest BCUT2D eigenvalue weighted by molar-refractivity contribution is 9.09. The molecule has 1 saturated heterocycles. The summed E-state index contributed by atoms with van der Waals surface area (Å²) < 4.78 is 11.8. The summed E-state index contributed by atoms with van der Waals surface area (Å²) in [5, 5.41) is 0.980. The largest absolute Gasteiger partial charge is 0.346 e. The van der Waals surface area contributed by atoms with Gasteiger partial charge in [0.1, 0.15) is 0 Å². The molecule has 0 aliphatic carbocycles. The lowest BCUT2D eigenvalue weighted by Crippen LogP contribution is -2.38. The second-order valence-electron chi connectivity index (χ2n) is 3.96. The first-order valence-electron chi connectivity index (χ1n) is 5.77. The van der Waals surface area contributed by atoms with Gasteiger partial charge in [0.05, 0.1) is 13.2 Å². The normalized spacial score (nSPS) is 19.6. The Labute approximate surface area is 105 Å². The maximum Gasteiger partial charge on any atom is 0.194 e. The summed E-state index contributed by atoms with van der Waals surface area (Å²) in [6, 6.07) is 10.3. The van der Waals surface area contributed by atoms with Gasteiger partial charge in [0, 0.05) is 17.3 Å². The summed E-state index contributed by atoms with van der Waals surface area (Å²) in [6.07, 6.45) is 2.94. The Balaban J connectivity index is 2.19. The van der Waals surface area contributed by atoms with Crippen LogP contribution >= 0.6 is 15.9 Å². The van der Waals surface area contributed by atoms with Crippen molar-refractivity contribution in [2.24, 2.45) is 0 Å². The molecule has 0 saturated carbocycles. The van der Waals surface area contributed by atoms with Gasteiger partial charge in [0.15, 0.2) is 5.79 Å². The summed E-state index contributed by atoms with van der Waals surface area (Å²) >= 11 is 3.46. The van der Waals surface area contributed by atoms with E-state index in [1.54, 1.807) is 0 Å². The van der Waals surface area contributed by atoms with Gasteiger partial charge in [-0.1, -0.05) is 46.3 Å². The zero-order valence-electron chi connectivity index (χ0n) is 9.32. The van der Waals surface area contributed by atoms with E-state index in [-0.39, 0.29) is 0 Å². The molecule has 1 aromatic carbocycles. The molecule has 0 spiro atoms. The van der Waals surface area contributed by atoms with Crippen LogP contribution in [0.25, 0.3) is 0 Å². The molecule has 3 heteroatoms. The van der Waals surface area contributed by atoms with Gasteiger partial charge in [0.2, 0.25) is 0 Å². The van der Waals surface area contributed by atoms with Gasteiger partial charge in [-0.3, -0.25) is 0 Å². The van der Waals surface area contributed by atoms with E-state index in [0.29, 0.717) is 0 Å². The SMILES string of the molecule is BrCCCC1(c2ccccc2)OCCCO1. The third-order valence-electron chi connectivity index (χ3n) is 2.81. The van der Waals surface area contributed by atoms with Crippen LogP contribution in [-0.2, 0) is 15.3 Å². The van der Waals surface area contributed by atoms with Crippen LogP contribution < -0.4 is 0 Å². The fraction of sp³-hybridized carbons (Fsp3) is 0.538. The van der Waals surface area contributed by atoms with Crippen molar-refractivity contribution >= 4 is 15.9 Å². The van der Waals surface area contributed by atoms with Gasteiger partial charge in [-0.25, -0.2) is 0 Å². The summed E-state index contributed by atoms with van der Waals surface area (Å²) in [7, 11) is 0. The van der Waals surface area contributed by atoms with Crippen LogP contribution in [-0.4, -0.2) is 18.5 Å². The van der Waals surface area contributed by atoms with Crippen LogP contribution in [0.3, 0.4) is 0 Å². The Hall–Kier alpha value is -0.380. The van der Waals surface area contributed by atoms with Crippen molar-refractivity contribution in [1.29, 1.82) is 0 Å². The molecule has 1 heterocycles. The number of hydrogen-bond acceptors (Lipinski definition) is 2. The van der Waals surface area contributed by atoms with Gasteiger partial charge in [-0.05, 0) is 12.8 Å². The molecular weight excluding hydrogens is 268 g/mol. The highest BCUT2D eigenvalue weighted by Gasteiger charge is 2.35. The minimum Gasteiger partial charge on any atom is -0.346 e. The van der Waals surface area contributed by atoms with E-state index in [1.807, 2.05) is 18.2 Å². The minimum absolute atomic E-state index is 0.507. The second-order valence-corrected chi connectivity index (χ2v) is 4.75. The van der Waals surface area contributed by atoms with Crippen molar-refractivity contribution in [2.45, 2.75) is 25.0 Å². The Morgan fingerprint density at radius 2 is 1.81 bits per heavy atom. The topological polar surface area (TPSA) is 18.5 Å². The van der Waals surface area contributed by atoms with Crippen LogP contribution in [0.1, 0.15) is 24.8 Å². The number of alkyl halides is 1. The predicted octanol–water partition coefficient (Wildman–Crippen LogP) is 3.45. The predicted molar refractivity (Wildman–Crippen MR) is 67.7 cm³/mol. The minimum atomic E-state index is -0.507. The number of ether oxygens (including phenoxy) is 2. The molecule has 16 heavy (non-hydrogen) atoms. The maximum atomic E-state index is 5.91. The van der Waals surface area contributed by atoms with Crippen molar-refractivity contribution in [3.8, 4) is 0 Å². The third-order valence-corrected chi connectivity index (χ3v) is 3.37. The molecule has 2 nitrogen and oxygen atoms in total. The van der Waals surface area contributed by atoms with Crippen molar-refractivity contribution in [1.82, 2.24) is 0 Å². The first-order valence-corrected chi connectivity index (χ1v) is 6.89. The summed E-state index contributed by atoms with van der Waals surface area (Å²) in [6.45, 7) is 1.58. The zero-order chi connectivity index (χ0) is 11.3. The molecule has 1 fully saturated rings. The van der Waals surface area contributed by atoms with Crippen molar-refractivity contribution < 1.29 is 9.47 Å². The van der Waals surface area contributed by atoms with E-state index >= 15 is 0 Å². The average molecular weight is 285 g/mol. The second kappa shape index (κ2) is 5.80. The fourth-order valence-corrected chi connectivity index (χ4v) is 2.30. The maximum absolute atomic E-state index is 5.91. The van der Waals surface area contributed by atoms with Gasteiger partial charge >= 0.3 is 0 Å². The molecule has 0 amide bonds. The van der Waals surface area contributed by atoms with E-state index in [4.69, 9.17) is 9.47 Å². The lowest BCUT2D eigenvalue weighted by atomic mass is 10.00. The van der Waals surface area contributed by atoms with Crippen LogP contribution in [0.4, 0.5) is 0 Å². The Kier molecular flexibility index (Phi) is 4.38. The third kappa shape index (κ3) is 2.65. The number of benzene rings is 1. The lowest BCUT2D eigenvalue weighted by molar-refractivity contribution is -0.279. The van der Waals surface area contributed by atoms with Crippen molar-refractivity contribution in [3.05, 3.63) is 35.9 Å². The Morgan fingerprint density at radius 3 is 2.44 bits per heavy atom. The molecule has 0 N–H and O–H groups in total. The van der Waals surface area contributed by atoms with E-state index < -0.39 is 5.79 Å². The van der Waals surface area contributed by atoms with Gasteiger partial charge in [0.25, 0.3) is 0 Å². The first-order chi connectivity index (χ1) is 7.87. The molecule has 2 rings (SSSR count). The van der Waals surface area contributed by atoms with Gasteiger partial charge < -0.3 is 9.47 Å². The molecule has 0 aromatic heterocycles. The molecule has 1 aromatic rings. The summed E-state index contributed by atoms with van der Waals surface area (Å²) in [5.74, 6) is -0.507. The van der Waals surface area contributed by atoms with Crippen molar-refractivity contribution in [2.75, 3.05) is 18.5 Å². The highest BCUT2D eigenvalue weighted by atomic mass is 79.9. The first kappa shape index (κ1) is 12.1. The molecule has 0 radical (unpaired) electrons. The smallest absolute Gasteiger partial charge is 0.194 e. The molecule has 88 valence electrons. The fourth-order valence-electron chi connectivity index (χ4n) is 2.02. The monoisotopic (exact) mass is 284 g/mol. The average Bonchev–Trinajstić information content (AvgIpc) is 2.38. The van der Waals surface area contributed by atoms with Crippen LogP contribution in [0.5, 0.6) is 0 Å². The molecule has 0 bridgehead atoms. The quantitative estimate of drug-likeness (QED) is 0.789. The van der Waals surface area contributed by atoms with Gasteiger partial charge in [-0.15, -0.1) is 0 Å². The van der Waals surface area contributed by atoms with Crippen LogP contribution in [0.15, 0.2) is 30.3 Å². The molecule has 0 unspecified atom stereocenters. The molecular formula is C13H17BrO2. The number of hydrogen-bond donors (Lipinski definition) is 0. The standard InChI is InChI=1S/C13H17BrO2/c14-9-4-8-13(15-10-5-11-16-13)12-6-2-1-3-7-12/h1-3,6-7H,4-5,8-11H2. The van der Waals surface area contributed by atoms with E-state index in [1.165, 1.54) is 0 Å². The van der Waals surface area contributed by atoms with Gasteiger partial charge in [-0.2, -0.15) is 0 Å². The number of rotatable bonds is 4. The molecule has 0 atom stereocenters. The molecule has 1 aliphatic rings. The molecule has 1 aliphatic heterocycles. The van der Waals surface area contributed by atoms with E-state index in [0.717, 1.165) is 43.4 Å². The summed E-state index contributed by atoms with van der Waals surface area (Å²) in [4.78, 5) is 0. The van der Waals surface area contributed by atoms with E-state index in [2.05, 4.69) is 28.1 Å². The Bertz CT molecular complexity index is 307. The van der Waals surface area contributed by atoms with Crippen LogP contribution in [0.2, 0.25) is 0 Å². The van der Waals surface area contributed by atoms with Crippen molar-refractivity contribution in [3.63, 3.8) is 0 Å². The Morgan fingerprint density at radius 1 is 1.12 bits per heavy atom. The van der Waals surface area contributed by atoms with Crippen LogP contribution in [0, 0.1) is 0 Å².